The van der Waals surface area contributed by atoms with E-state index in [2.05, 4.69) is 21.4 Å². The van der Waals surface area contributed by atoms with E-state index in [0.717, 1.165) is 11.4 Å². The number of aromatic amines is 1. The minimum atomic E-state index is -0.689. The fourth-order valence-electron chi connectivity index (χ4n) is 3.64. The summed E-state index contributed by atoms with van der Waals surface area (Å²) >= 11 is 6.07. The molecule has 1 unspecified atom stereocenters. The van der Waals surface area contributed by atoms with Crippen LogP contribution in [0.1, 0.15) is 24.9 Å². The van der Waals surface area contributed by atoms with Crippen LogP contribution in [0.2, 0.25) is 5.02 Å². The molecule has 0 saturated carbocycles. The van der Waals surface area contributed by atoms with Crippen molar-refractivity contribution in [2.75, 3.05) is 5.32 Å². The molecule has 2 heterocycles. The standard InChI is InChI=1S/C25H20ClN5O2/c1-2-22(25(33)30-20-7-4-16(5-8-20)24-28-10-11-29-24)31-12-9-17(13-23(31)32)21-14-19(26)6-3-18(21)15-27/h3-14,22H,2H2,1H3,(H,28,29)(H,30,33). The average molecular weight is 458 g/mol. The van der Waals surface area contributed by atoms with Crippen molar-refractivity contribution < 1.29 is 4.79 Å². The number of anilines is 1. The molecule has 33 heavy (non-hydrogen) atoms. The number of nitriles is 1. The lowest BCUT2D eigenvalue weighted by molar-refractivity contribution is -0.119. The summed E-state index contributed by atoms with van der Waals surface area (Å²) in [5.41, 5.74) is 2.74. The van der Waals surface area contributed by atoms with Crippen LogP contribution < -0.4 is 10.9 Å². The Morgan fingerprint density at radius 1 is 1.18 bits per heavy atom. The Morgan fingerprint density at radius 3 is 2.61 bits per heavy atom. The van der Waals surface area contributed by atoms with Gasteiger partial charge in [0.05, 0.1) is 11.6 Å². The fraction of sp³-hybridized carbons (Fsp3) is 0.120. The number of halogens is 1. The van der Waals surface area contributed by atoms with Crippen molar-refractivity contribution in [2.45, 2.75) is 19.4 Å². The number of carbonyl (C=O) groups is 1. The predicted octanol–water partition coefficient (Wildman–Crippen LogP) is 5.02. The largest absolute Gasteiger partial charge is 0.345 e. The number of amides is 1. The highest BCUT2D eigenvalue weighted by molar-refractivity contribution is 6.30. The van der Waals surface area contributed by atoms with Crippen molar-refractivity contribution in [1.82, 2.24) is 14.5 Å². The maximum Gasteiger partial charge on any atom is 0.251 e. The van der Waals surface area contributed by atoms with Crippen molar-refractivity contribution >= 4 is 23.2 Å². The van der Waals surface area contributed by atoms with Gasteiger partial charge in [-0.05, 0) is 60.5 Å². The van der Waals surface area contributed by atoms with Crippen LogP contribution in [-0.2, 0) is 4.79 Å². The van der Waals surface area contributed by atoms with Gasteiger partial charge in [-0.1, -0.05) is 18.5 Å². The van der Waals surface area contributed by atoms with Crippen molar-refractivity contribution in [2.24, 2.45) is 0 Å². The summed E-state index contributed by atoms with van der Waals surface area (Å²) in [5.74, 6) is 0.448. The second-order valence-electron chi connectivity index (χ2n) is 7.39. The lowest BCUT2D eigenvalue weighted by Crippen LogP contribution is -2.32. The average Bonchev–Trinajstić information content (AvgIpc) is 3.36. The van der Waals surface area contributed by atoms with E-state index in [9.17, 15) is 14.9 Å². The quantitative estimate of drug-likeness (QED) is 0.424. The summed E-state index contributed by atoms with van der Waals surface area (Å²) in [6.45, 7) is 1.84. The smallest absolute Gasteiger partial charge is 0.251 e. The molecule has 0 radical (unpaired) electrons. The van der Waals surface area contributed by atoms with Gasteiger partial charge in [-0.2, -0.15) is 5.26 Å². The van der Waals surface area contributed by atoms with Crippen LogP contribution >= 0.6 is 11.6 Å². The Bertz CT molecular complexity index is 1390. The zero-order chi connectivity index (χ0) is 23.4. The molecule has 1 amide bonds. The van der Waals surface area contributed by atoms with E-state index in [0.29, 0.717) is 33.8 Å². The second kappa shape index (κ2) is 9.55. The van der Waals surface area contributed by atoms with Crippen LogP contribution in [0.15, 0.2) is 78.0 Å². The monoisotopic (exact) mass is 457 g/mol. The van der Waals surface area contributed by atoms with Crippen molar-refractivity contribution in [3.8, 4) is 28.6 Å². The zero-order valence-corrected chi connectivity index (χ0v) is 18.5. The normalized spacial score (nSPS) is 11.5. The van der Waals surface area contributed by atoms with E-state index in [4.69, 9.17) is 11.6 Å². The van der Waals surface area contributed by atoms with E-state index < -0.39 is 6.04 Å². The van der Waals surface area contributed by atoms with Crippen molar-refractivity contribution in [3.05, 3.63) is 94.1 Å². The number of rotatable bonds is 6. The van der Waals surface area contributed by atoms with Gasteiger partial charge < -0.3 is 14.9 Å². The third-order valence-corrected chi connectivity index (χ3v) is 5.55. The Balaban J connectivity index is 1.56. The molecule has 2 N–H and O–H groups in total. The molecule has 0 bridgehead atoms. The van der Waals surface area contributed by atoms with Crippen molar-refractivity contribution in [3.63, 3.8) is 0 Å². The van der Waals surface area contributed by atoms with Gasteiger partial charge in [0, 0.05) is 46.5 Å². The van der Waals surface area contributed by atoms with E-state index in [1.165, 1.54) is 10.6 Å². The summed E-state index contributed by atoms with van der Waals surface area (Å²) < 4.78 is 1.40. The summed E-state index contributed by atoms with van der Waals surface area (Å²) in [5, 5.41) is 12.7. The molecule has 0 saturated heterocycles. The van der Waals surface area contributed by atoms with Crippen molar-refractivity contribution in [1.29, 1.82) is 5.26 Å². The molecule has 7 nitrogen and oxygen atoms in total. The molecule has 8 heteroatoms. The van der Waals surface area contributed by atoms with Gasteiger partial charge in [0.2, 0.25) is 5.91 Å². The van der Waals surface area contributed by atoms with E-state index in [1.54, 1.807) is 55.0 Å². The van der Waals surface area contributed by atoms with Gasteiger partial charge in [-0.3, -0.25) is 9.59 Å². The topological polar surface area (TPSA) is 104 Å². The lowest BCUT2D eigenvalue weighted by Gasteiger charge is -2.18. The highest BCUT2D eigenvalue weighted by Crippen LogP contribution is 2.26. The van der Waals surface area contributed by atoms with Gasteiger partial charge in [0.15, 0.2) is 0 Å². The molecule has 2 aromatic heterocycles. The maximum absolute atomic E-state index is 13.0. The van der Waals surface area contributed by atoms with Gasteiger partial charge in [0.1, 0.15) is 11.9 Å². The highest BCUT2D eigenvalue weighted by atomic mass is 35.5. The third kappa shape index (κ3) is 4.71. The Labute approximate surface area is 195 Å². The number of nitrogens with zero attached hydrogens (tertiary/aromatic N) is 3. The number of imidazole rings is 1. The summed E-state index contributed by atoms with van der Waals surface area (Å²) in [6.07, 6.45) is 5.42. The van der Waals surface area contributed by atoms with E-state index in [-0.39, 0.29) is 11.5 Å². The number of carbonyl (C=O) groups excluding carboxylic acids is 1. The predicted molar refractivity (Wildman–Crippen MR) is 128 cm³/mol. The zero-order valence-electron chi connectivity index (χ0n) is 17.7. The van der Waals surface area contributed by atoms with Gasteiger partial charge in [-0.25, -0.2) is 4.98 Å². The van der Waals surface area contributed by atoms with Gasteiger partial charge >= 0.3 is 0 Å². The molecule has 2 aromatic carbocycles. The Kier molecular flexibility index (Phi) is 6.38. The third-order valence-electron chi connectivity index (χ3n) is 5.31. The van der Waals surface area contributed by atoms with Gasteiger partial charge in [-0.15, -0.1) is 0 Å². The molecule has 164 valence electrons. The van der Waals surface area contributed by atoms with Gasteiger partial charge in [0.25, 0.3) is 5.56 Å². The first-order valence-corrected chi connectivity index (χ1v) is 10.7. The number of hydrogen-bond donors (Lipinski definition) is 2. The first kappa shape index (κ1) is 22.1. The lowest BCUT2D eigenvalue weighted by atomic mass is 10.0. The minimum Gasteiger partial charge on any atom is -0.345 e. The summed E-state index contributed by atoms with van der Waals surface area (Å²) in [6, 6.07) is 16.7. The SMILES string of the molecule is CCC(C(=O)Nc1ccc(-c2ncc[nH]2)cc1)n1ccc(-c2cc(Cl)ccc2C#N)cc1=O. The maximum atomic E-state index is 13.0. The summed E-state index contributed by atoms with van der Waals surface area (Å²) in [7, 11) is 0. The van der Waals surface area contributed by atoms with E-state index >= 15 is 0 Å². The molecule has 1 atom stereocenters. The molecule has 4 rings (SSSR count). The number of H-pyrrole nitrogens is 1. The molecule has 0 fully saturated rings. The number of benzene rings is 2. The molecule has 4 aromatic rings. The minimum absolute atomic E-state index is 0.293. The first-order valence-electron chi connectivity index (χ1n) is 10.3. The Hall–Kier alpha value is -4.15. The molecule has 0 aliphatic rings. The number of nitrogens with one attached hydrogen (secondary N) is 2. The number of hydrogen-bond acceptors (Lipinski definition) is 4. The molecule has 0 spiro atoms. The number of aromatic nitrogens is 3. The van der Waals surface area contributed by atoms with Crippen LogP contribution in [-0.4, -0.2) is 20.4 Å². The summed E-state index contributed by atoms with van der Waals surface area (Å²) in [4.78, 5) is 33.1. The first-order chi connectivity index (χ1) is 16.0. The molecule has 0 aliphatic heterocycles. The van der Waals surface area contributed by atoms with Crippen LogP contribution in [0.25, 0.3) is 22.5 Å². The van der Waals surface area contributed by atoms with Crippen LogP contribution in [0.4, 0.5) is 5.69 Å². The van der Waals surface area contributed by atoms with E-state index in [1.807, 2.05) is 19.1 Å². The fourth-order valence-corrected chi connectivity index (χ4v) is 3.81. The van der Waals surface area contributed by atoms with Crippen LogP contribution in [0.3, 0.4) is 0 Å². The molecule has 0 aliphatic carbocycles. The molecular formula is C25H20ClN5O2. The molecular weight excluding hydrogens is 438 g/mol. The number of pyridine rings is 1. The Morgan fingerprint density at radius 2 is 1.97 bits per heavy atom. The highest BCUT2D eigenvalue weighted by Gasteiger charge is 2.20. The van der Waals surface area contributed by atoms with Crippen LogP contribution in [0, 0.1) is 11.3 Å². The van der Waals surface area contributed by atoms with Crippen LogP contribution in [0.5, 0.6) is 0 Å². The second-order valence-corrected chi connectivity index (χ2v) is 7.83.